The molecular formula is C4H11BO2. The molecule has 42 valence electrons. The van der Waals surface area contributed by atoms with Crippen LogP contribution in [0.4, 0.5) is 0 Å². The molecular weight excluding hydrogens is 90.9 g/mol. The molecule has 0 fully saturated rings. The third kappa shape index (κ3) is 5.98. The van der Waals surface area contributed by atoms with Gasteiger partial charge in [0.2, 0.25) is 0 Å². The third-order valence-corrected chi connectivity index (χ3v) is 0.542. The molecule has 0 unspecified atom stereocenters. The molecule has 7 heavy (non-hydrogen) atoms. The van der Waals surface area contributed by atoms with Crippen molar-refractivity contribution in [3.8, 4) is 0 Å². The predicted octanol–water partition coefficient (Wildman–Crippen LogP) is -0.0822. The van der Waals surface area contributed by atoms with Gasteiger partial charge in [-0.2, -0.15) is 0 Å². The van der Waals surface area contributed by atoms with Crippen molar-refractivity contribution in [2.45, 2.75) is 13.8 Å². The second-order valence-electron chi connectivity index (χ2n) is 1.89. The van der Waals surface area contributed by atoms with Gasteiger partial charge in [-0.1, -0.05) is 13.8 Å². The van der Waals surface area contributed by atoms with Crippen LogP contribution >= 0.6 is 0 Å². The predicted molar refractivity (Wildman–Crippen MR) is 30.2 cm³/mol. The Morgan fingerprint density at radius 3 is 2.43 bits per heavy atom. The highest BCUT2D eigenvalue weighted by Crippen LogP contribution is 1.88. The van der Waals surface area contributed by atoms with Gasteiger partial charge in [-0.15, -0.1) is 0 Å². The summed E-state index contributed by atoms with van der Waals surface area (Å²) >= 11 is 0. The van der Waals surface area contributed by atoms with Crippen molar-refractivity contribution in [3.63, 3.8) is 0 Å². The molecule has 0 aliphatic rings. The van der Waals surface area contributed by atoms with Crippen LogP contribution in [-0.4, -0.2) is 19.3 Å². The highest BCUT2D eigenvalue weighted by Gasteiger charge is 1.90. The summed E-state index contributed by atoms with van der Waals surface area (Å²) in [5, 5.41) is 8.09. The molecule has 2 nitrogen and oxygen atoms in total. The van der Waals surface area contributed by atoms with E-state index in [0.717, 1.165) is 0 Å². The molecule has 0 spiro atoms. The monoisotopic (exact) mass is 102 g/mol. The molecule has 0 saturated carbocycles. The standard InChI is InChI=1S/C4H11BO2/c1-4(2)3-7-5-6/h4-6H,3H2,1-2H3. The first-order valence-corrected chi connectivity index (χ1v) is 2.46. The van der Waals surface area contributed by atoms with Gasteiger partial charge in [0.05, 0.1) is 0 Å². The highest BCUT2D eigenvalue weighted by molar-refractivity contribution is 6.15. The Morgan fingerprint density at radius 2 is 2.29 bits per heavy atom. The van der Waals surface area contributed by atoms with Crippen LogP contribution in [0.15, 0.2) is 0 Å². The number of hydrogen-bond acceptors (Lipinski definition) is 2. The summed E-state index contributed by atoms with van der Waals surface area (Å²) in [4.78, 5) is 0. The normalized spacial score (nSPS) is 9.71. The lowest BCUT2D eigenvalue weighted by Gasteiger charge is -2.00. The van der Waals surface area contributed by atoms with E-state index in [-0.39, 0.29) is 7.69 Å². The van der Waals surface area contributed by atoms with Crippen LogP contribution in [0.5, 0.6) is 0 Å². The maximum Gasteiger partial charge on any atom is 0.435 e. The second kappa shape index (κ2) is 4.15. The van der Waals surface area contributed by atoms with Crippen LogP contribution in [0.1, 0.15) is 13.8 Å². The highest BCUT2D eigenvalue weighted by atomic mass is 16.5. The van der Waals surface area contributed by atoms with E-state index in [4.69, 9.17) is 5.02 Å². The molecule has 0 aromatic carbocycles. The van der Waals surface area contributed by atoms with E-state index in [1.54, 1.807) is 0 Å². The molecule has 0 bridgehead atoms. The fourth-order valence-electron chi connectivity index (χ4n) is 0.288. The van der Waals surface area contributed by atoms with E-state index >= 15 is 0 Å². The minimum absolute atomic E-state index is 0.155. The molecule has 0 aromatic rings. The minimum Gasteiger partial charge on any atom is -0.430 e. The first-order valence-electron chi connectivity index (χ1n) is 2.46. The molecule has 3 heteroatoms. The Hall–Kier alpha value is -0.0151. The van der Waals surface area contributed by atoms with Gasteiger partial charge in [0.25, 0.3) is 0 Å². The van der Waals surface area contributed by atoms with E-state index in [2.05, 4.69) is 4.65 Å². The van der Waals surface area contributed by atoms with Gasteiger partial charge < -0.3 is 9.68 Å². The minimum atomic E-state index is -0.155. The molecule has 0 radical (unpaired) electrons. The zero-order chi connectivity index (χ0) is 5.70. The summed E-state index contributed by atoms with van der Waals surface area (Å²) in [6.07, 6.45) is 0. The lowest BCUT2D eigenvalue weighted by Crippen LogP contribution is -2.04. The molecule has 0 rings (SSSR count). The molecule has 0 saturated heterocycles. The lowest BCUT2D eigenvalue weighted by molar-refractivity contribution is 0.246. The van der Waals surface area contributed by atoms with Gasteiger partial charge in [0, 0.05) is 6.61 Å². The summed E-state index contributed by atoms with van der Waals surface area (Å²) < 4.78 is 4.65. The molecule has 0 aromatic heterocycles. The van der Waals surface area contributed by atoms with Gasteiger partial charge >= 0.3 is 7.69 Å². The van der Waals surface area contributed by atoms with Crippen molar-refractivity contribution in [1.29, 1.82) is 0 Å². The molecule has 0 amide bonds. The van der Waals surface area contributed by atoms with Gasteiger partial charge in [-0.3, -0.25) is 0 Å². The average Bonchev–Trinajstić information content (AvgIpc) is 1.61. The van der Waals surface area contributed by atoms with Crippen LogP contribution in [-0.2, 0) is 4.65 Å². The Bertz CT molecular complexity index is 38.7. The summed E-state index contributed by atoms with van der Waals surface area (Å²) in [5.41, 5.74) is 0. The quantitative estimate of drug-likeness (QED) is 0.505. The Kier molecular flexibility index (Phi) is 4.14. The van der Waals surface area contributed by atoms with E-state index in [9.17, 15) is 0 Å². The third-order valence-electron chi connectivity index (χ3n) is 0.542. The summed E-state index contributed by atoms with van der Waals surface area (Å²) in [6, 6.07) is 0. The fourth-order valence-corrected chi connectivity index (χ4v) is 0.288. The molecule has 0 heterocycles. The van der Waals surface area contributed by atoms with Gasteiger partial charge in [-0.25, -0.2) is 0 Å². The Labute approximate surface area is 44.8 Å². The smallest absolute Gasteiger partial charge is 0.430 e. The molecule has 0 aliphatic carbocycles. The van der Waals surface area contributed by atoms with Crippen molar-refractivity contribution in [2.24, 2.45) is 5.92 Å². The van der Waals surface area contributed by atoms with Gasteiger partial charge in [0.1, 0.15) is 0 Å². The maximum absolute atomic E-state index is 8.09. The van der Waals surface area contributed by atoms with Gasteiger partial charge in [-0.05, 0) is 5.92 Å². The summed E-state index contributed by atoms with van der Waals surface area (Å²) in [6.45, 7) is 4.72. The maximum atomic E-state index is 8.09. The van der Waals surface area contributed by atoms with Gasteiger partial charge in [0.15, 0.2) is 0 Å². The largest absolute Gasteiger partial charge is 0.435 e. The average molecular weight is 102 g/mol. The molecule has 0 atom stereocenters. The summed E-state index contributed by atoms with van der Waals surface area (Å²) in [5.74, 6) is 0.521. The molecule has 1 N–H and O–H groups in total. The first kappa shape index (κ1) is 6.98. The number of rotatable bonds is 3. The van der Waals surface area contributed by atoms with Crippen LogP contribution in [0.25, 0.3) is 0 Å². The first-order chi connectivity index (χ1) is 3.27. The van der Waals surface area contributed by atoms with E-state index in [1.165, 1.54) is 0 Å². The van der Waals surface area contributed by atoms with Crippen molar-refractivity contribution in [1.82, 2.24) is 0 Å². The van der Waals surface area contributed by atoms with Crippen LogP contribution < -0.4 is 0 Å². The van der Waals surface area contributed by atoms with Crippen LogP contribution in [0.2, 0.25) is 0 Å². The zero-order valence-electron chi connectivity index (χ0n) is 4.85. The topological polar surface area (TPSA) is 29.5 Å². The fraction of sp³-hybridized carbons (Fsp3) is 1.00. The van der Waals surface area contributed by atoms with E-state index in [0.29, 0.717) is 12.5 Å². The van der Waals surface area contributed by atoms with Crippen LogP contribution in [0, 0.1) is 5.92 Å². The second-order valence-corrected chi connectivity index (χ2v) is 1.89. The summed E-state index contributed by atoms with van der Waals surface area (Å²) in [7, 11) is -0.155. The SMILES string of the molecule is CC(C)COBO. The van der Waals surface area contributed by atoms with Crippen molar-refractivity contribution in [3.05, 3.63) is 0 Å². The van der Waals surface area contributed by atoms with E-state index in [1.807, 2.05) is 13.8 Å². The van der Waals surface area contributed by atoms with Crippen molar-refractivity contribution in [2.75, 3.05) is 6.61 Å². The van der Waals surface area contributed by atoms with Crippen molar-refractivity contribution < 1.29 is 9.68 Å². The lowest BCUT2D eigenvalue weighted by atomic mass is 10.2. The Morgan fingerprint density at radius 1 is 1.71 bits per heavy atom. The van der Waals surface area contributed by atoms with Crippen LogP contribution in [0.3, 0.4) is 0 Å². The zero-order valence-corrected chi connectivity index (χ0v) is 4.85. The Balaban J connectivity index is 2.68. The van der Waals surface area contributed by atoms with E-state index < -0.39 is 0 Å². The molecule has 0 aliphatic heterocycles. The van der Waals surface area contributed by atoms with Crippen molar-refractivity contribution >= 4 is 7.69 Å². The number of hydrogen-bond donors (Lipinski definition) is 1.